The Kier molecular flexibility index (Phi) is 18.3. The van der Waals surface area contributed by atoms with Crippen molar-refractivity contribution in [3.8, 4) is 22.9 Å². The van der Waals surface area contributed by atoms with Gasteiger partial charge in [-0.25, -0.2) is 22.9 Å². The van der Waals surface area contributed by atoms with Gasteiger partial charge in [0.15, 0.2) is 28.6 Å². The number of hydrazone groups is 1. The topological polar surface area (TPSA) is 286 Å². The van der Waals surface area contributed by atoms with Crippen LogP contribution in [0.25, 0.3) is 27.5 Å². The van der Waals surface area contributed by atoms with Gasteiger partial charge in [-0.1, -0.05) is 45.9 Å². The monoisotopic (exact) mass is 1260 g/mol. The molecule has 3 fully saturated rings. The lowest BCUT2D eigenvalue weighted by molar-refractivity contribution is -0.160. The number of ketones is 1. The fourth-order valence-corrected chi connectivity index (χ4v) is 14.2. The number of piperidine rings is 1. The highest BCUT2D eigenvalue weighted by Gasteiger charge is 2.56. The number of aromatic nitrogens is 2. The first-order chi connectivity index (χ1) is 43.0. The molecule has 91 heavy (non-hydrogen) atoms. The first-order valence-corrected chi connectivity index (χ1v) is 30.6. The van der Waals surface area contributed by atoms with Crippen LogP contribution in [0, 0.1) is 54.0 Å². The quantitative estimate of drug-likeness (QED) is 0.0298. The molecule has 1 saturated carbocycles. The van der Waals surface area contributed by atoms with E-state index in [0.29, 0.717) is 57.1 Å². The molecule has 21 nitrogen and oxygen atoms in total. The van der Waals surface area contributed by atoms with Crippen LogP contribution in [-0.4, -0.2) is 162 Å². The van der Waals surface area contributed by atoms with Gasteiger partial charge in [-0.15, -0.1) is 0 Å². The molecule has 4 aliphatic heterocycles. The molecular formula is C67H78F3N7O14. The highest BCUT2D eigenvalue weighted by Crippen LogP contribution is 2.55. The van der Waals surface area contributed by atoms with Gasteiger partial charge in [-0.2, -0.15) is 5.10 Å². The number of fused-ring (bicyclic) bond motifs is 15. The van der Waals surface area contributed by atoms with Crippen molar-refractivity contribution in [2.45, 2.75) is 136 Å². The molecule has 6 heterocycles. The van der Waals surface area contributed by atoms with Crippen LogP contribution < -0.4 is 15.6 Å². The Morgan fingerprint density at radius 1 is 0.901 bits per heavy atom. The first-order valence-electron chi connectivity index (χ1n) is 30.6. The zero-order valence-corrected chi connectivity index (χ0v) is 52.5. The van der Waals surface area contributed by atoms with Gasteiger partial charge in [0.2, 0.25) is 11.2 Å². The zero-order chi connectivity index (χ0) is 66.0. The summed E-state index contributed by atoms with van der Waals surface area (Å²) in [5, 5.41) is 78.4. The molecule has 5 aromatic rings. The standard InChI is InChI=1S/C67H78F3N7O14/c1-32-12-11-13-33(2)64(86)72-53-44(58(83)51-50-43(34(3)56(81)52(51)59(53)84)28-66(8,61(50)85)90-25-19-49(89-10)35(4)60(91-38(7)78)37(6)55(80)36(5)54(32)79)29-71-76-23-17-41(18-24-76)74(9)67(20-21-67)39-16-22-75(30-39)63-47(70)27-42-57(82)45(65(87)88)31-77(62(42)73-63)48-15-14-40(68)26-46(48)69/h11-15,19,25-27,29,31-32,35-37,39,41,49,54-55,60,79-81,83-84H,16-18,20-24,28,30H2,1-10H3,(H,72,86)(H,87,88)/t32-,35+,36+,37+,39?,49-,54-,55+,60+,66-/m0/s1. The number of pyridine rings is 2. The third kappa shape index (κ3) is 12.0. The molecule has 1 amide bonds. The number of amides is 1. The number of anilines is 2. The number of carbonyl (C=O) groups is 4. The molecule has 0 spiro atoms. The molecule has 10 atom stereocenters. The fourth-order valence-electron chi connectivity index (χ4n) is 14.2. The average molecular weight is 1260 g/mol. The molecule has 7 N–H and O–H groups in total. The van der Waals surface area contributed by atoms with Gasteiger partial charge in [-0.05, 0) is 101 Å². The molecule has 11 rings (SSSR count). The lowest BCUT2D eigenvalue weighted by Gasteiger charge is -2.42. The minimum absolute atomic E-state index is 0.0282. The average Bonchev–Trinajstić information content (AvgIpc) is 1.75. The predicted molar refractivity (Wildman–Crippen MR) is 333 cm³/mol. The SMILES string of the molecule is CO[C@H]1C=CO[C@@]2(C)Cc3c(C)c(O)c4c(O)c(c(C=NN5CCC(N(C)C6(C7CCN(c8nc9c(cc8F)c(=O)c(C(=O)O)cn9-c8ccc(F)cc8F)C7)CC6)CC5)c(O)c4c3C2=O)NC(=O)C(C)=CC=C[C@H](C)[C@H](O)[C@@H](C)[C@@H](O)[C@@H](C)[C@H](OC(C)=O)[C@@H]1C. The molecule has 3 aromatic carbocycles. The number of benzene rings is 3. The maximum atomic E-state index is 16.2. The number of ether oxygens (including phenoxy) is 3. The lowest BCUT2D eigenvalue weighted by Crippen LogP contribution is -2.50. The van der Waals surface area contributed by atoms with Gasteiger partial charge < -0.3 is 55.1 Å². The second kappa shape index (κ2) is 25.4. The summed E-state index contributed by atoms with van der Waals surface area (Å²) in [5.41, 5.74) is -3.98. The molecule has 2 saturated heterocycles. The van der Waals surface area contributed by atoms with Gasteiger partial charge in [-0.3, -0.25) is 33.7 Å². The van der Waals surface area contributed by atoms with Crippen molar-refractivity contribution in [1.82, 2.24) is 19.5 Å². The van der Waals surface area contributed by atoms with Gasteiger partial charge >= 0.3 is 11.9 Å². The summed E-state index contributed by atoms with van der Waals surface area (Å²) in [6.45, 7) is 14.4. The number of allylic oxidation sites excluding steroid dienone is 2. The molecule has 6 aliphatic rings. The van der Waals surface area contributed by atoms with E-state index in [0.717, 1.165) is 41.8 Å². The number of phenols is 3. The van der Waals surface area contributed by atoms with E-state index in [1.54, 1.807) is 69.7 Å². The number of nitrogens with one attached hydrogen (secondary N) is 1. The van der Waals surface area contributed by atoms with Crippen molar-refractivity contribution in [3.63, 3.8) is 0 Å². The van der Waals surface area contributed by atoms with Gasteiger partial charge in [0.05, 0.1) is 58.5 Å². The van der Waals surface area contributed by atoms with Gasteiger partial charge in [0, 0.05) is 111 Å². The summed E-state index contributed by atoms with van der Waals surface area (Å²) in [7, 11) is 3.51. The highest BCUT2D eigenvalue weighted by molar-refractivity contribution is 6.23. The maximum absolute atomic E-state index is 16.2. The summed E-state index contributed by atoms with van der Waals surface area (Å²) in [6.07, 6.45) is 9.32. The van der Waals surface area contributed by atoms with Crippen LogP contribution in [0.4, 0.5) is 24.7 Å². The molecule has 2 aliphatic carbocycles. The summed E-state index contributed by atoms with van der Waals surface area (Å²) < 4.78 is 64.4. The number of Topliss-reactive ketones (excluding diaryl/α,β-unsaturated/α-hetero) is 1. The lowest BCUT2D eigenvalue weighted by atomic mass is 9.78. The van der Waals surface area contributed by atoms with Crippen molar-refractivity contribution in [2.75, 3.05) is 50.6 Å². The number of esters is 1. The van der Waals surface area contributed by atoms with E-state index >= 15 is 8.78 Å². The Morgan fingerprint density at radius 3 is 2.25 bits per heavy atom. The van der Waals surface area contributed by atoms with Crippen molar-refractivity contribution in [3.05, 3.63) is 122 Å². The highest BCUT2D eigenvalue weighted by atomic mass is 19.1. The normalized spacial score (nSPS) is 26.7. The summed E-state index contributed by atoms with van der Waals surface area (Å²) >= 11 is 0. The van der Waals surface area contributed by atoms with Crippen LogP contribution in [0.2, 0.25) is 0 Å². The summed E-state index contributed by atoms with van der Waals surface area (Å²) in [5.74, 6) is -10.7. The van der Waals surface area contributed by atoms with Crippen LogP contribution in [0.1, 0.15) is 118 Å². The van der Waals surface area contributed by atoms with Crippen LogP contribution in [0.5, 0.6) is 17.2 Å². The van der Waals surface area contributed by atoms with E-state index in [4.69, 9.17) is 19.3 Å². The van der Waals surface area contributed by atoms with Crippen molar-refractivity contribution >= 4 is 63.2 Å². The number of aromatic hydroxyl groups is 3. The van der Waals surface area contributed by atoms with E-state index < -0.39 is 123 Å². The molecule has 24 heteroatoms. The minimum atomic E-state index is -1.64. The number of halogens is 3. The molecule has 486 valence electrons. The molecule has 2 aromatic heterocycles. The number of phenolic OH excluding ortho intramolecular Hbond substituents is 3. The third-order valence-corrected chi connectivity index (χ3v) is 19.9. The van der Waals surface area contributed by atoms with E-state index in [-0.39, 0.29) is 85.2 Å². The minimum Gasteiger partial charge on any atom is -0.507 e. The Hall–Kier alpha value is -8.32. The number of aliphatic hydroxyl groups is 2. The Morgan fingerprint density at radius 2 is 1.60 bits per heavy atom. The second-order valence-corrected chi connectivity index (χ2v) is 25.5. The first kappa shape index (κ1) is 65.6. The molecule has 1 unspecified atom stereocenters. The number of carboxylic acid groups (broad SMARTS) is 1. The summed E-state index contributed by atoms with van der Waals surface area (Å²) in [4.78, 5) is 75.8. The molecule has 5 bridgehead atoms. The smallest absolute Gasteiger partial charge is 0.341 e. The Bertz CT molecular complexity index is 3950. The fraction of sp³-hybridized carbons (Fsp3) is 0.478. The van der Waals surface area contributed by atoms with E-state index in [2.05, 4.69) is 22.2 Å². The zero-order valence-electron chi connectivity index (χ0n) is 52.5. The number of carboxylic acids is 1. The van der Waals surface area contributed by atoms with Crippen molar-refractivity contribution in [2.24, 2.45) is 34.7 Å². The molecular weight excluding hydrogens is 1180 g/mol. The van der Waals surface area contributed by atoms with Gasteiger partial charge in [0.1, 0.15) is 34.8 Å². The molecule has 0 radical (unpaired) electrons. The largest absolute Gasteiger partial charge is 0.507 e. The van der Waals surface area contributed by atoms with Crippen molar-refractivity contribution < 1.29 is 77.2 Å². The van der Waals surface area contributed by atoms with E-state index in [1.165, 1.54) is 39.5 Å². The number of carbonyl (C=O) groups excluding carboxylic acids is 3. The van der Waals surface area contributed by atoms with Crippen molar-refractivity contribution in [1.29, 1.82) is 0 Å². The van der Waals surface area contributed by atoms with Crippen LogP contribution >= 0.6 is 0 Å². The van der Waals surface area contributed by atoms with Crippen LogP contribution in [-0.2, 0) is 30.2 Å². The van der Waals surface area contributed by atoms with E-state index in [1.807, 2.05) is 0 Å². The number of aliphatic hydroxyl groups excluding tert-OH is 2. The van der Waals surface area contributed by atoms with Gasteiger partial charge in [0.25, 0.3) is 5.91 Å². The predicted octanol–water partition coefficient (Wildman–Crippen LogP) is 8.56. The number of methoxy groups -OCH3 is 1. The van der Waals surface area contributed by atoms with E-state index in [9.17, 15) is 59.0 Å². The number of hydrogen-bond acceptors (Lipinski definition) is 18. The number of rotatable bonds is 10. The summed E-state index contributed by atoms with van der Waals surface area (Å²) in [6, 6.07) is 3.64. The maximum Gasteiger partial charge on any atom is 0.341 e. The number of nitrogens with zero attached hydrogens (tertiary/aromatic N) is 6. The number of aromatic carboxylic acids is 1. The van der Waals surface area contributed by atoms with Crippen LogP contribution in [0.15, 0.2) is 76.5 Å². The second-order valence-electron chi connectivity index (χ2n) is 25.5. The Balaban J connectivity index is 0.929. The number of hydrogen-bond donors (Lipinski definition) is 7. The van der Waals surface area contributed by atoms with Crippen LogP contribution in [0.3, 0.4) is 0 Å². The third-order valence-electron chi connectivity index (χ3n) is 19.9. The Labute approximate surface area is 523 Å².